The van der Waals surface area contributed by atoms with E-state index in [0.717, 1.165) is 11.8 Å². The van der Waals surface area contributed by atoms with Crippen LogP contribution in [-0.2, 0) is 12.6 Å². The number of hydrogen-bond donors (Lipinski definition) is 1. The van der Waals surface area contributed by atoms with E-state index in [1.807, 2.05) is 12.1 Å². The lowest BCUT2D eigenvalue weighted by Gasteiger charge is -2.14. The summed E-state index contributed by atoms with van der Waals surface area (Å²) in [6, 6.07) is 9.14. The van der Waals surface area contributed by atoms with Gasteiger partial charge in [-0.25, -0.2) is 0 Å². The number of aromatic nitrogens is 1. The van der Waals surface area contributed by atoms with Gasteiger partial charge in [0, 0.05) is 35.6 Å². The van der Waals surface area contributed by atoms with Crippen molar-refractivity contribution in [2.75, 3.05) is 11.9 Å². The zero-order valence-corrected chi connectivity index (χ0v) is 11.2. The molecule has 1 N–H and O–H groups in total. The topological polar surface area (TPSA) is 24.9 Å². The van der Waals surface area contributed by atoms with Crippen molar-refractivity contribution < 1.29 is 13.2 Å². The lowest BCUT2D eigenvalue weighted by atomic mass is 10.1. The molecular weight excluding hydrogens is 289 g/mol. The van der Waals surface area contributed by atoms with Gasteiger partial charge in [-0.15, -0.1) is 0 Å². The summed E-state index contributed by atoms with van der Waals surface area (Å²) in [4.78, 5) is 4.11. The van der Waals surface area contributed by atoms with E-state index < -0.39 is 11.7 Å². The third-order valence-electron chi connectivity index (χ3n) is 2.71. The Morgan fingerprint density at radius 2 is 1.95 bits per heavy atom. The van der Waals surface area contributed by atoms with Gasteiger partial charge < -0.3 is 5.32 Å². The van der Waals surface area contributed by atoms with Crippen molar-refractivity contribution in [2.24, 2.45) is 0 Å². The van der Waals surface area contributed by atoms with Gasteiger partial charge in [0.2, 0.25) is 0 Å². The number of pyridine rings is 1. The van der Waals surface area contributed by atoms with E-state index in [4.69, 9.17) is 11.6 Å². The third-order valence-corrected chi connectivity index (χ3v) is 2.94. The highest BCUT2D eigenvalue weighted by atomic mass is 35.5. The summed E-state index contributed by atoms with van der Waals surface area (Å²) in [6.07, 6.45) is -2.24. The quantitative estimate of drug-likeness (QED) is 0.905. The molecule has 0 bridgehead atoms. The number of benzene rings is 1. The van der Waals surface area contributed by atoms with Crippen molar-refractivity contribution in [1.82, 2.24) is 4.98 Å². The Morgan fingerprint density at radius 1 is 1.15 bits per heavy atom. The summed E-state index contributed by atoms with van der Waals surface area (Å²) in [5.74, 6) is 0. The van der Waals surface area contributed by atoms with Crippen LogP contribution in [0.2, 0.25) is 5.02 Å². The van der Waals surface area contributed by atoms with E-state index in [1.54, 1.807) is 12.3 Å². The van der Waals surface area contributed by atoms with Gasteiger partial charge in [0.1, 0.15) is 0 Å². The van der Waals surface area contributed by atoms with E-state index >= 15 is 0 Å². The monoisotopic (exact) mass is 300 g/mol. The highest BCUT2D eigenvalue weighted by Gasteiger charge is 2.33. The fraction of sp³-hybridized carbons (Fsp3) is 0.214. The lowest BCUT2D eigenvalue weighted by Crippen LogP contribution is -2.13. The molecule has 0 aliphatic carbocycles. The summed E-state index contributed by atoms with van der Waals surface area (Å²) in [6.45, 7) is 0.363. The second-order valence-corrected chi connectivity index (χ2v) is 4.62. The maximum Gasteiger partial charge on any atom is 0.418 e. The van der Waals surface area contributed by atoms with Crippen LogP contribution in [0.1, 0.15) is 11.3 Å². The minimum Gasteiger partial charge on any atom is -0.384 e. The molecule has 106 valence electrons. The maximum atomic E-state index is 12.9. The Hall–Kier alpha value is -1.75. The van der Waals surface area contributed by atoms with Gasteiger partial charge >= 0.3 is 6.18 Å². The van der Waals surface area contributed by atoms with Crippen LogP contribution < -0.4 is 5.32 Å². The van der Waals surface area contributed by atoms with Gasteiger partial charge in [-0.3, -0.25) is 4.98 Å². The molecule has 1 aromatic heterocycles. The first-order valence-corrected chi connectivity index (χ1v) is 6.35. The standard InChI is InChI=1S/C14H12ClF3N2/c15-10-4-5-13(12(9-10)14(16,17)18)20-8-6-11-3-1-2-7-19-11/h1-5,7,9,20H,6,8H2. The molecule has 0 saturated heterocycles. The lowest BCUT2D eigenvalue weighted by molar-refractivity contribution is -0.136. The first-order valence-electron chi connectivity index (χ1n) is 5.97. The Bertz CT molecular complexity index is 570. The van der Waals surface area contributed by atoms with Crippen LogP contribution in [0.25, 0.3) is 0 Å². The van der Waals surface area contributed by atoms with E-state index in [2.05, 4.69) is 10.3 Å². The van der Waals surface area contributed by atoms with Crippen molar-refractivity contribution in [2.45, 2.75) is 12.6 Å². The second-order valence-electron chi connectivity index (χ2n) is 4.19. The molecule has 2 nitrogen and oxygen atoms in total. The highest BCUT2D eigenvalue weighted by molar-refractivity contribution is 6.30. The maximum absolute atomic E-state index is 12.9. The molecule has 1 heterocycles. The normalized spacial score (nSPS) is 11.4. The van der Waals surface area contributed by atoms with Crippen LogP contribution in [0.4, 0.5) is 18.9 Å². The minimum absolute atomic E-state index is 0.0258. The zero-order chi connectivity index (χ0) is 14.6. The van der Waals surface area contributed by atoms with E-state index in [1.165, 1.54) is 12.1 Å². The molecule has 0 aliphatic heterocycles. The number of nitrogens with one attached hydrogen (secondary N) is 1. The van der Waals surface area contributed by atoms with Crippen molar-refractivity contribution in [3.63, 3.8) is 0 Å². The van der Waals surface area contributed by atoms with Crippen LogP contribution >= 0.6 is 11.6 Å². The van der Waals surface area contributed by atoms with E-state index in [0.29, 0.717) is 13.0 Å². The SMILES string of the molecule is FC(F)(F)c1cc(Cl)ccc1NCCc1ccccn1. The summed E-state index contributed by atoms with van der Waals surface area (Å²) in [7, 11) is 0. The van der Waals surface area contributed by atoms with Crippen LogP contribution in [0, 0.1) is 0 Å². The zero-order valence-electron chi connectivity index (χ0n) is 10.4. The average Bonchev–Trinajstić information content (AvgIpc) is 2.40. The number of halogens is 4. The number of alkyl halides is 3. The van der Waals surface area contributed by atoms with Crippen LogP contribution in [0.5, 0.6) is 0 Å². The molecule has 0 aliphatic rings. The van der Waals surface area contributed by atoms with Crippen LogP contribution in [-0.4, -0.2) is 11.5 Å². The molecule has 0 fully saturated rings. The number of hydrogen-bond acceptors (Lipinski definition) is 2. The number of nitrogens with zero attached hydrogens (tertiary/aromatic N) is 1. The fourth-order valence-electron chi connectivity index (χ4n) is 1.78. The predicted molar refractivity (Wildman–Crippen MR) is 72.9 cm³/mol. The molecule has 2 aromatic rings. The van der Waals surface area contributed by atoms with E-state index in [-0.39, 0.29) is 10.7 Å². The Morgan fingerprint density at radius 3 is 2.60 bits per heavy atom. The van der Waals surface area contributed by atoms with E-state index in [9.17, 15) is 13.2 Å². The van der Waals surface area contributed by atoms with Gasteiger partial charge in [-0.2, -0.15) is 13.2 Å². The highest BCUT2D eigenvalue weighted by Crippen LogP contribution is 2.36. The molecule has 0 spiro atoms. The first-order chi connectivity index (χ1) is 9.47. The van der Waals surface area contributed by atoms with Gasteiger partial charge in [-0.05, 0) is 30.3 Å². The molecule has 1 aromatic carbocycles. The Kier molecular flexibility index (Phi) is 4.49. The van der Waals surface area contributed by atoms with Gasteiger partial charge in [-0.1, -0.05) is 17.7 Å². The minimum atomic E-state index is -4.43. The fourth-order valence-corrected chi connectivity index (χ4v) is 1.95. The van der Waals surface area contributed by atoms with Gasteiger partial charge in [0.25, 0.3) is 0 Å². The summed E-state index contributed by atoms with van der Waals surface area (Å²) >= 11 is 5.62. The Labute approximate surface area is 119 Å². The molecule has 0 amide bonds. The molecule has 2 rings (SSSR count). The molecule has 0 radical (unpaired) electrons. The van der Waals surface area contributed by atoms with Crippen molar-refractivity contribution in [1.29, 1.82) is 0 Å². The number of anilines is 1. The largest absolute Gasteiger partial charge is 0.418 e. The van der Waals surface area contributed by atoms with Crippen molar-refractivity contribution in [3.8, 4) is 0 Å². The van der Waals surface area contributed by atoms with Gasteiger partial charge in [0.05, 0.1) is 5.56 Å². The van der Waals surface area contributed by atoms with Crippen LogP contribution in [0.3, 0.4) is 0 Å². The second kappa shape index (κ2) is 6.13. The predicted octanol–water partition coefficient (Wildman–Crippen LogP) is 4.41. The smallest absolute Gasteiger partial charge is 0.384 e. The molecule has 20 heavy (non-hydrogen) atoms. The van der Waals surface area contributed by atoms with Crippen LogP contribution in [0.15, 0.2) is 42.6 Å². The third kappa shape index (κ3) is 3.87. The number of rotatable bonds is 4. The molecule has 6 heteroatoms. The molecule has 0 atom stereocenters. The molecule has 0 saturated carbocycles. The van der Waals surface area contributed by atoms with Crippen molar-refractivity contribution in [3.05, 3.63) is 58.9 Å². The first kappa shape index (κ1) is 14.7. The summed E-state index contributed by atoms with van der Waals surface area (Å²) < 4.78 is 38.6. The van der Waals surface area contributed by atoms with Crippen molar-refractivity contribution >= 4 is 17.3 Å². The summed E-state index contributed by atoms with van der Waals surface area (Å²) in [5.41, 5.74) is 0.0892. The Balaban J connectivity index is 2.06. The van der Waals surface area contributed by atoms with Gasteiger partial charge in [0.15, 0.2) is 0 Å². The average molecular weight is 301 g/mol. The molecule has 0 unspecified atom stereocenters. The molecular formula is C14H12ClF3N2. The summed E-state index contributed by atoms with van der Waals surface area (Å²) in [5, 5.41) is 2.84.